The number of rotatable bonds is 6. The molecule has 1 heterocycles. The topological polar surface area (TPSA) is 71.8 Å². The number of nitrogens with one attached hydrogen (secondary N) is 2. The van der Waals surface area contributed by atoms with E-state index in [1.165, 1.54) is 0 Å². The van der Waals surface area contributed by atoms with Crippen LogP contribution in [0, 0.1) is 0 Å². The molecule has 0 bridgehead atoms. The molecule has 0 unspecified atom stereocenters. The maximum atomic E-state index is 11.6. The van der Waals surface area contributed by atoms with Gasteiger partial charge < -0.3 is 10.6 Å². The molecule has 0 aliphatic heterocycles. The molecule has 20 heavy (non-hydrogen) atoms. The van der Waals surface area contributed by atoms with Crippen molar-refractivity contribution in [3.63, 3.8) is 0 Å². The van der Waals surface area contributed by atoms with E-state index in [1.54, 1.807) is 17.1 Å². The second-order valence-electron chi connectivity index (χ2n) is 4.15. The number of hydrogen-bond donors (Lipinski definition) is 2. The minimum Gasteiger partial charge on any atom is -0.326 e. The first-order valence-electron chi connectivity index (χ1n) is 6.21. The minimum atomic E-state index is 0. The molecule has 0 radical (unpaired) electrons. The first-order chi connectivity index (χ1) is 9.29. The van der Waals surface area contributed by atoms with Crippen molar-refractivity contribution >= 4 is 24.0 Å². The van der Waals surface area contributed by atoms with E-state index in [1.807, 2.05) is 31.3 Å². The lowest BCUT2D eigenvalue weighted by Crippen LogP contribution is -2.15. The molecule has 1 amide bonds. The number of aromatic nitrogens is 3. The third kappa shape index (κ3) is 4.64. The van der Waals surface area contributed by atoms with Crippen LogP contribution in [0.2, 0.25) is 0 Å². The Morgan fingerprint density at radius 1 is 1.30 bits per heavy atom. The summed E-state index contributed by atoms with van der Waals surface area (Å²) < 4.78 is 1.67. The Hall–Kier alpha value is -1.92. The van der Waals surface area contributed by atoms with Gasteiger partial charge >= 0.3 is 0 Å². The molecule has 6 nitrogen and oxygen atoms in total. The van der Waals surface area contributed by atoms with Crippen LogP contribution >= 0.6 is 12.4 Å². The van der Waals surface area contributed by atoms with E-state index in [-0.39, 0.29) is 18.3 Å². The maximum Gasteiger partial charge on any atom is 0.224 e. The average molecular weight is 296 g/mol. The van der Waals surface area contributed by atoms with Crippen LogP contribution in [-0.2, 0) is 4.79 Å². The van der Waals surface area contributed by atoms with Gasteiger partial charge in [-0.3, -0.25) is 4.79 Å². The SMILES string of the molecule is CNCCCC(=O)Nc1ccc(-n2ccnn2)cc1.Cl. The first kappa shape index (κ1) is 16.1. The van der Waals surface area contributed by atoms with Gasteiger partial charge in [-0.15, -0.1) is 17.5 Å². The molecule has 0 fully saturated rings. The van der Waals surface area contributed by atoms with E-state index in [9.17, 15) is 4.79 Å². The van der Waals surface area contributed by atoms with Crippen molar-refractivity contribution in [2.75, 3.05) is 18.9 Å². The Bertz CT molecular complexity index is 512. The molecule has 7 heteroatoms. The van der Waals surface area contributed by atoms with Gasteiger partial charge in [0.2, 0.25) is 5.91 Å². The summed E-state index contributed by atoms with van der Waals surface area (Å²) in [5.74, 6) is 0.0313. The Morgan fingerprint density at radius 3 is 2.65 bits per heavy atom. The summed E-state index contributed by atoms with van der Waals surface area (Å²) in [7, 11) is 1.88. The molecule has 0 spiro atoms. The molecule has 0 aliphatic rings. The second-order valence-corrected chi connectivity index (χ2v) is 4.15. The van der Waals surface area contributed by atoms with E-state index < -0.39 is 0 Å². The number of hydrogen-bond acceptors (Lipinski definition) is 4. The van der Waals surface area contributed by atoms with E-state index in [0.717, 1.165) is 24.3 Å². The largest absolute Gasteiger partial charge is 0.326 e. The Morgan fingerprint density at radius 2 is 2.05 bits per heavy atom. The zero-order valence-corrected chi connectivity index (χ0v) is 12.1. The van der Waals surface area contributed by atoms with Crippen LogP contribution in [0.3, 0.4) is 0 Å². The van der Waals surface area contributed by atoms with Crippen molar-refractivity contribution in [1.29, 1.82) is 0 Å². The summed E-state index contributed by atoms with van der Waals surface area (Å²) in [5.41, 5.74) is 1.70. The van der Waals surface area contributed by atoms with E-state index in [0.29, 0.717) is 6.42 Å². The molecule has 0 saturated carbocycles. The van der Waals surface area contributed by atoms with Crippen LogP contribution in [0.5, 0.6) is 0 Å². The maximum absolute atomic E-state index is 11.6. The number of halogens is 1. The van der Waals surface area contributed by atoms with Gasteiger partial charge in [-0.05, 0) is 44.3 Å². The molecule has 108 valence electrons. The lowest BCUT2D eigenvalue weighted by atomic mass is 10.2. The second kappa shape index (κ2) is 8.29. The average Bonchev–Trinajstić information content (AvgIpc) is 2.94. The van der Waals surface area contributed by atoms with Gasteiger partial charge in [0.15, 0.2) is 0 Å². The fraction of sp³-hybridized carbons (Fsp3) is 0.308. The van der Waals surface area contributed by atoms with Crippen LogP contribution < -0.4 is 10.6 Å². The van der Waals surface area contributed by atoms with Gasteiger partial charge in [-0.1, -0.05) is 5.21 Å². The standard InChI is InChI=1S/C13H17N5O.ClH/c1-14-8-2-3-13(19)16-11-4-6-12(7-5-11)18-10-9-15-17-18;/h4-7,9-10,14H,2-3,8H2,1H3,(H,16,19);1H. The fourth-order valence-electron chi connectivity index (χ4n) is 1.69. The lowest BCUT2D eigenvalue weighted by Gasteiger charge is -2.06. The van der Waals surface area contributed by atoms with Gasteiger partial charge in [0.1, 0.15) is 0 Å². The normalized spacial score (nSPS) is 9.85. The van der Waals surface area contributed by atoms with Crippen molar-refractivity contribution in [2.24, 2.45) is 0 Å². The highest BCUT2D eigenvalue weighted by atomic mass is 35.5. The van der Waals surface area contributed by atoms with Crippen molar-refractivity contribution in [3.8, 4) is 5.69 Å². The highest BCUT2D eigenvalue weighted by molar-refractivity contribution is 5.90. The molecule has 0 atom stereocenters. The predicted molar refractivity (Wildman–Crippen MR) is 80.4 cm³/mol. The van der Waals surface area contributed by atoms with Gasteiger partial charge in [0.25, 0.3) is 0 Å². The van der Waals surface area contributed by atoms with Crippen LogP contribution in [0.25, 0.3) is 5.69 Å². The molecule has 1 aromatic carbocycles. The molecule has 2 rings (SSSR count). The van der Waals surface area contributed by atoms with Crippen molar-refractivity contribution < 1.29 is 4.79 Å². The zero-order valence-electron chi connectivity index (χ0n) is 11.2. The highest BCUT2D eigenvalue weighted by Crippen LogP contribution is 2.12. The Kier molecular flexibility index (Phi) is 6.69. The Labute approximate surface area is 124 Å². The quantitative estimate of drug-likeness (QED) is 0.795. The van der Waals surface area contributed by atoms with Gasteiger partial charge in [-0.25, -0.2) is 4.68 Å². The summed E-state index contributed by atoms with van der Waals surface area (Å²) in [6, 6.07) is 7.48. The first-order valence-corrected chi connectivity index (χ1v) is 6.21. The molecule has 0 saturated heterocycles. The molecule has 2 aromatic rings. The van der Waals surface area contributed by atoms with Crippen LogP contribution in [0.4, 0.5) is 5.69 Å². The summed E-state index contributed by atoms with van der Waals surface area (Å²) in [4.78, 5) is 11.6. The monoisotopic (exact) mass is 295 g/mol. The van der Waals surface area contributed by atoms with Crippen LogP contribution in [-0.4, -0.2) is 34.5 Å². The fourth-order valence-corrected chi connectivity index (χ4v) is 1.69. The number of carbonyl (C=O) groups is 1. The van der Waals surface area contributed by atoms with Crippen molar-refractivity contribution in [3.05, 3.63) is 36.7 Å². The minimum absolute atomic E-state index is 0. The molecule has 0 aliphatic carbocycles. The van der Waals surface area contributed by atoms with E-state index >= 15 is 0 Å². The number of anilines is 1. The summed E-state index contributed by atoms with van der Waals surface area (Å²) in [6.07, 6.45) is 4.74. The summed E-state index contributed by atoms with van der Waals surface area (Å²) >= 11 is 0. The van der Waals surface area contributed by atoms with Gasteiger partial charge in [0.05, 0.1) is 18.1 Å². The third-order valence-electron chi connectivity index (χ3n) is 2.67. The molecular weight excluding hydrogens is 278 g/mol. The Balaban J connectivity index is 0.00000200. The smallest absolute Gasteiger partial charge is 0.224 e. The number of carbonyl (C=O) groups excluding carboxylic acids is 1. The number of amides is 1. The van der Waals surface area contributed by atoms with Crippen LogP contribution in [0.15, 0.2) is 36.7 Å². The van der Waals surface area contributed by atoms with Crippen molar-refractivity contribution in [1.82, 2.24) is 20.3 Å². The molecule has 1 aromatic heterocycles. The number of nitrogens with zero attached hydrogens (tertiary/aromatic N) is 3. The van der Waals surface area contributed by atoms with Crippen LogP contribution in [0.1, 0.15) is 12.8 Å². The number of benzene rings is 1. The summed E-state index contributed by atoms with van der Waals surface area (Å²) in [5, 5.41) is 13.5. The predicted octanol–water partition coefficient (Wildman–Crippen LogP) is 1.63. The third-order valence-corrected chi connectivity index (χ3v) is 2.67. The summed E-state index contributed by atoms with van der Waals surface area (Å²) in [6.45, 7) is 0.846. The molecule has 2 N–H and O–H groups in total. The van der Waals surface area contributed by atoms with Gasteiger partial charge in [0, 0.05) is 12.1 Å². The lowest BCUT2D eigenvalue weighted by molar-refractivity contribution is -0.116. The van der Waals surface area contributed by atoms with Crippen molar-refractivity contribution in [2.45, 2.75) is 12.8 Å². The molecular formula is C13H18ClN5O. The van der Waals surface area contributed by atoms with E-state index in [4.69, 9.17) is 0 Å². The zero-order chi connectivity index (χ0) is 13.5. The highest BCUT2D eigenvalue weighted by Gasteiger charge is 2.02. The van der Waals surface area contributed by atoms with Gasteiger partial charge in [-0.2, -0.15) is 0 Å². The van der Waals surface area contributed by atoms with E-state index in [2.05, 4.69) is 20.9 Å².